The molecule has 1 aromatic carbocycles. The quantitative estimate of drug-likeness (QED) is 0.590. The molecule has 6 rings (SSSR count). The van der Waals surface area contributed by atoms with Crippen molar-refractivity contribution in [2.24, 2.45) is 0 Å². The molecule has 2 N–H and O–H groups in total. The van der Waals surface area contributed by atoms with Gasteiger partial charge >= 0.3 is 5.69 Å². The van der Waals surface area contributed by atoms with Crippen molar-refractivity contribution in [2.45, 2.75) is 44.1 Å². The Bertz CT molecular complexity index is 1400. The van der Waals surface area contributed by atoms with Crippen LogP contribution in [0, 0.1) is 0 Å². The van der Waals surface area contributed by atoms with E-state index in [0.29, 0.717) is 25.3 Å². The van der Waals surface area contributed by atoms with Crippen LogP contribution < -0.4 is 20.7 Å². The number of aromatic amines is 2. The average Bonchev–Trinajstić information content (AvgIpc) is 3.29. The normalized spacial score (nSPS) is 20.8. The Kier molecular flexibility index (Phi) is 4.36. The van der Waals surface area contributed by atoms with Crippen molar-refractivity contribution in [1.82, 2.24) is 19.9 Å². The second kappa shape index (κ2) is 7.19. The van der Waals surface area contributed by atoms with Crippen LogP contribution in [0.5, 0.6) is 11.5 Å². The smallest absolute Gasteiger partial charge is 0.327 e. The molecule has 2 aliphatic heterocycles. The Morgan fingerprint density at radius 1 is 1.09 bits per heavy atom. The SMILES string of the molecule is CC1c2cc3c(cc2C2(CCCC2)CN1C(=O)c1cnc2[nH]c(=O)[nH]c(=O)c2c1)OCCO3. The molecule has 3 aliphatic rings. The number of carbonyl (C=O) groups is 1. The molecule has 1 aliphatic carbocycles. The largest absolute Gasteiger partial charge is 0.486 e. The van der Waals surface area contributed by atoms with Crippen molar-refractivity contribution in [2.75, 3.05) is 19.8 Å². The second-order valence-electron chi connectivity index (χ2n) is 9.21. The van der Waals surface area contributed by atoms with E-state index < -0.39 is 11.2 Å². The molecular formula is C24H24N4O5. The molecule has 9 nitrogen and oxygen atoms in total. The third kappa shape index (κ3) is 3.06. The predicted octanol–water partition coefficient (Wildman–Crippen LogP) is 2.41. The van der Waals surface area contributed by atoms with E-state index in [9.17, 15) is 14.4 Å². The number of carbonyl (C=O) groups excluding carboxylic acids is 1. The summed E-state index contributed by atoms with van der Waals surface area (Å²) in [6.07, 6.45) is 5.67. The summed E-state index contributed by atoms with van der Waals surface area (Å²) in [5, 5.41) is 0.181. The van der Waals surface area contributed by atoms with Gasteiger partial charge in [0.1, 0.15) is 18.9 Å². The first-order valence-electron chi connectivity index (χ1n) is 11.3. The summed E-state index contributed by atoms with van der Waals surface area (Å²) in [5.41, 5.74) is 1.50. The number of H-pyrrole nitrogens is 2. The molecule has 1 fully saturated rings. The van der Waals surface area contributed by atoms with Gasteiger partial charge in [-0.25, -0.2) is 9.78 Å². The van der Waals surface area contributed by atoms with Gasteiger partial charge in [0.15, 0.2) is 11.5 Å². The Balaban J connectivity index is 1.45. The lowest BCUT2D eigenvalue weighted by atomic mass is 9.71. The summed E-state index contributed by atoms with van der Waals surface area (Å²) in [6, 6.07) is 5.48. The van der Waals surface area contributed by atoms with Crippen molar-refractivity contribution in [3.63, 3.8) is 0 Å². The summed E-state index contributed by atoms with van der Waals surface area (Å²) in [6.45, 7) is 3.67. The highest BCUT2D eigenvalue weighted by Crippen LogP contribution is 2.52. The number of aromatic nitrogens is 3. The molecule has 1 saturated carbocycles. The van der Waals surface area contributed by atoms with Crippen LogP contribution in [-0.2, 0) is 5.41 Å². The van der Waals surface area contributed by atoms with Gasteiger partial charge in [-0.1, -0.05) is 12.8 Å². The average molecular weight is 448 g/mol. The number of nitrogens with zero attached hydrogens (tertiary/aromatic N) is 2. The first-order chi connectivity index (χ1) is 15.9. The van der Waals surface area contributed by atoms with Crippen LogP contribution in [0.1, 0.15) is 60.1 Å². The van der Waals surface area contributed by atoms with E-state index in [1.54, 1.807) is 0 Å². The second-order valence-corrected chi connectivity index (χ2v) is 9.21. The number of hydrogen-bond donors (Lipinski definition) is 2. The van der Waals surface area contributed by atoms with Crippen LogP contribution in [0.25, 0.3) is 11.0 Å². The first kappa shape index (κ1) is 20.0. The van der Waals surface area contributed by atoms with E-state index in [4.69, 9.17) is 9.47 Å². The molecule has 33 heavy (non-hydrogen) atoms. The number of fused-ring (bicyclic) bond motifs is 4. The van der Waals surface area contributed by atoms with Crippen LogP contribution in [0.4, 0.5) is 0 Å². The van der Waals surface area contributed by atoms with E-state index in [2.05, 4.69) is 21.0 Å². The maximum atomic E-state index is 13.7. The molecule has 1 atom stereocenters. The monoisotopic (exact) mass is 448 g/mol. The zero-order valence-electron chi connectivity index (χ0n) is 18.3. The maximum Gasteiger partial charge on any atom is 0.327 e. The molecule has 0 bridgehead atoms. The van der Waals surface area contributed by atoms with Gasteiger partial charge in [-0.2, -0.15) is 0 Å². The Hall–Kier alpha value is -3.62. The summed E-state index contributed by atoms with van der Waals surface area (Å²) < 4.78 is 11.7. The maximum absolute atomic E-state index is 13.7. The van der Waals surface area contributed by atoms with Crippen LogP contribution in [0.3, 0.4) is 0 Å². The van der Waals surface area contributed by atoms with Gasteiger partial charge in [-0.3, -0.25) is 19.6 Å². The number of rotatable bonds is 1. The zero-order chi connectivity index (χ0) is 22.7. The number of hydrogen-bond acceptors (Lipinski definition) is 6. The summed E-state index contributed by atoms with van der Waals surface area (Å²) >= 11 is 0. The molecule has 0 saturated heterocycles. The molecule has 170 valence electrons. The van der Waals surface area contributed by atoms with Gasteiger partial charge in [0.2, 0.25) is 0 Å². The molecule has 1 spiro atoms. The zero-order valence-corrected chi connectivity index (χ0v) is 18.3. The molecule has 9 heteroatoms. The molecular weight excluding hydrogens is 424 g/mol. The molecule has 2 aromatic heterocycles. The van der Waals surface area contributed by atoms with Gasteiger partial charge in [0.05, 0.1) is 17.0 Å². The minimum atomic E-state index is -0.627. The summed E-state index contributed by atoms with van der Waals surface area (Å²) in [7, 11) is 0. The van der Waals surface area contributed by atoms with E-state index in [0.717, 1.165) is 42.7 Å². The lowest BCUT2D eigenvalue weighted by Gasteiger charge is -2.46. The topological polar surface area (TPSA) is 117 Å². The predicted molar refractivity (Wildman–Crippen MR) is 120 cm³/mol. The third-order valence-corrected chi connectivity index (χ3v) is 7.34. The molecule has 4 heterocycles. The summed E-state index contributed by atoms with van der Waals surface area (Å²) in [4.78, 5) is 48.2. The fraction of sp³-hybridized carbons (Fsp3) is 0.417. The van der Waals surface area contributed by atoms with Crippen molar-refractivity contribution in [3.8, 4) is 11.5 Å². The van der Waals surface area contributed by atoms with Crippen LogP contribution in [0.2, 0.25) is 0 Å². The van der Waals surface area contributed by atoms with Gasteiger partial charge < -0.3 is 14.4 Å². The highest BCUT2D eigenvalue weighted by atomic mass is 16.6. The minimum absolute atomic E-state index is 0.125. The molecule has 1 unspecified atom stereocenters. The minimum Gasteiger partial charge on any atom is -0.486 e. The number of benzene rings is 1. The van der Waals surface area contributed by atoms with Gasteiger partial charge in [-0.15, -0.1) is 0 Å². The van der Waals surface area contributed by atoms with E-state index in [1.807, 2.05) is 17.9 Å². The fourth-order valence-corrected chi connectivity index (χ4v) is 5.68. The van der Waals surface area contributed by atoms with Gasteiger partial charge in [-0.05, 0) is 49.1 Å². The molecule has 0 radical (unpaired) electrons. The number of pyridine rings is 1. The standard InChI is InChI=1S/C24H24N4O5/c1-13-15-9-18-19(33-7-6-32-18)10-17(15)24(4-2-3-5-24)12-28(13)22(30)14-8-16-20(25-11-14)26-23(31)27-21(16)29/h8-11,13H,2-7,12H2,1H3,(H2,25,26,27,29,31). The van der Waals surface area contributed by atoms with E-state index >= 15 is 0 Å². The fourth-order valence-electron chi connectivity index (χ4n) is 5.68. The number of ether oxygens (including phenoxy) is 2. The van der Waals surface area contributed by atoms with Crippen molar-refractivity contribution < 1.29 is 14.3 Å². The van der Waals surface area contributed by atoms with Crippen molar-refractivity contribution in [1.29, 1.82) is 0 Å². The Morgan fingerprint density at radius 2 is 1.82 bits per heavy atom. The summed E-state index contributed by atoms with van der Waals surface area (Å²) in [5.74, 6) is 1.32. The van der Waals surface area contributed by atoms with Crippen molar-refractivity contribution >= 4 is 16.9 Å². The van der Waals surface area contributed by atoms with Crippen molar-refractivity contribution in [3.05, 3.63) is 61.9 Å². The lowest BCUT2D eigenvalue weighted by molar-refractivity contribution is 0.0593. The number of amides is 1. The number of nitrogens with one attached hydrogen (secondary N) is 2. The van der Waals surface area contributed by atoms with Crippen LogP contribution >= 0.6 is 0 Å². The van der Waals surface area contributed by atoms with Crippen LogP contribution in [-0.4, -0.2) is 45.5 Å². The highest BCUT2D eigenvalue weighted by Gasteiger charge is 2.46. The lowest BCUT2D eigenvalue weighted by Crippen LogP contribution is -2.48. The third-order valence-electron chi connectivity index (χ3n) is 7.34. The highest BCUT2D eigenvalue weighted by molar-refractivity contribution is 5.97. The Labute approximate surface area is 188 Å². The van der Waals surface area contributed by atoms with Crippen LogP contribution in [0.15, 0.2) is 34.0 Å². The first-order valence-corrected chi connectivity index (χ1v) is 11.3. The molecule has 3 aromatic rings. The van der Waals surface area contributed by atoms with E-state index in [-0.39, 0.29) is 28.4 Å². The van der Waals surface area contributed by atoms with Gasteiger partial charge in [0.25, 0.3) is 11.5 Å². The molecule has 1 amide bonds. The van der Waals surface area contributed by atoms with E-state index in [1.165, 1.54) is 17.8 Å². The Morgan fingerprint density at radius 3 is 2.58 bits per heavy atom. The van der Waals surface area contributed by atoms with Gasteiger partial charge in [0, 0.05) is 18.2 Å².